The molecule has 0 saturated carbocycles. The topological polar surface area (TPSA) is 72.8 Å². The van der Waals surface area contributed by atoms with Gasteiger partial charge in [0.2, 0.25) is 0 Å². The highest BCUT2D eigenvalue weighted by atomic mass is 19.1. The number of carbonyl (C=O) groups is 2. The lowest BCUT2D eigenvalue weighted by atomic mass is 9.94. The van der Waals surface area contributed by atoms with E-state index in [4.69, 9.17) is 9.47 Å². The molecule has 152 valence electrons. The van der Waals surface area contributed by atoms with Crippen LogP contribution in [0.2, 0.25) is 0 Å². The Bertz CT molecular complexity index is 864. The molecule has 1 N–H and O–H groups in total. The standard InChI is InChI=1S/C23H23FO5/c1-3-28-22(26)11-7-17-13-19(16-5-9-20(24)10-6-16)14-18(21(17)15-25)8-12-23(27)29-4-2/h5-14,25H,3-4,15H2,1-2H3. The molecule has 0 atom stereocenters. The molecule has 0 amide bonds. The van der Waals surface area contributed by atoms with Gasteiger partial charge in [-0.2, -0.15) is 0 Å². The normalized spacial score (nSPS) is 11.2. The van der Waals surface area contributed by atoms with Gasteiger partial charge in [-0.15, -0.1) is 0 Å². The van der Waals surface area contributed by atoms with Crippen molar-refractivity contribution in [2.45, 2.75) is 20.5 Å². The third-order valence-corrected chi connectivity index (χ3v) is 4.03. The summed E-state index contributed by atoms with van der Waals surface area (Å²) >= 11 is 0. The van der Waals surface area contributed by atoms with Crippen LogP contribution in [0.4, 0.5) is 4.39 Å². The van der Waals surface area contributed by atoms with E-state index in [1.165, 1.54) is 36.4 Å². The zero-order chi connectivity index (χ0) is 21.2. The van der Waals surface area contributed by atoms with Gasteiger partial charge in [0.25, 0.3) is 0 Å². The van der Waals surface area contributed by atoms with Crippen LogP contribution >= 0.6 is 0 Å². The molecule has 0 aromatic heterocycles. The van der Waals surface area contributed by atoms with Crippen LogP contribution in [0, 0.1) is 5.82 Å². The molecule has 2 rings (SSSR count). The summed E-state index contributed by atoms with van der Waals surface area (Å²) in [4.78, 5) is 23.4. The summed E-state index contributed by atoms with van der Waals surface area (Å²) < 4.78 is 23.1. The summed E-state index contributed by atoms with van der Waals surface area (Å²) in [6.45, 7) is 3.60. The van der Waals surface area contributed by atoms with Crippen molar-refractivity contribution in [1.82, 2.24) is 0 Å². The van der Waals surface area contributed by atoms with Crippen molar-refractivity contribution in [2.75, 3.05) is 13.2 Å². The number of rotatable bonds is 8. The molecule has 0 bridgehead atoms. The van der Waals surface area contributed by atoms with E-state index in [9.17, 15) is 19.1 Å². The molecule has 0 spiro atoms. The smallest absolute Gasteiger partial charge is 0.330 e. The van der Waals surface area contributed by atoms with E-state index in [1.54, 1.807) is 38.1 Å². The first-order valence-electron chi connectivity index (χ1n) is 9.21. The van der Waals surface area contributed by atoms with Gasteiger partial charge < -0.3 is 14.6 Å². The average Bonchev–Trinajstić information content (AvgIpc) is 2.71. The van der Waals surface area contributed by atoms with E-state index in [0.29, 0.717) is 16.7 Å². The van der Waals surface area contributed by atoms with E-state index in [0.717, 1.165) is 11.1 Å². The van der Waals surface area contributed by atoms with Crippen LogP contribution in [-0.2, 0) is 25.7 Å². The maximum atomic E-state index is 13.3. The summed E-state index contributed by atoms with van der Waals surface area (Å²) in [5.41, 5.74) is 3.15. The number of halogens is 1. The lowest BCUT2D eigenvalue weighted by molar-refractivity contribution is -0.138. The Morgan fingerprint density at radius 2 is 1.38 bits per heavy atom. The van der Waals surface area contributed by atoms with Crippen LogP contribution in [-0.4, -0.2) is 30.3 Å². The molecule has 29 heavy (non-hydrogen) atoms. The number of ether oxygens (including phenoxy) is 2. The van der Waals surface area contributed by atoms with E-state index in [2.05, 4.69) is 0 Å². The molecule has 0 radical (unpaired) electrons. The average molecular weight is 398 g/mol. The summed E-state index contributed by atoms with van der Waals surface area (Å²) in [6.07, 6.45) is 5.62. The lowest BCUT2D eigenvalue weighted by Crippen LogP contribution is -2.01. The number of aliphatic hydroxyl groups is 1. The molecule has 6 heteroatoms. The Morgan fingerprint density at radius 3 is 1.79 bits per heavy atom. The third kappa shape index (κ3) is 6.40. The summed E-state index contributed by atoms with van der Waals surface area (Å²) in [5.74, 6) is -1.37. The van der Waals surface area contributed by atoms with Gasteiger partial charge in [0.05, 0.1) is 19.8 Å². The quantitative estimate of drug-likeness (QED) is 0.535. The number of carbonyl (C=O) groups excluding carboxylic acids is 2. The Morgan fingerprint density at radius 1 is 0.897 bits per heavy atom. The zero-order valence-electron chi connectivity index (χ0n) is 16.4. The van der Waals surface area contributed by atoms with Gasteiger partial charge in [0.1, 0.15) is 5.82 Å². The SMILES string of the molecule is CCOC(=O)C=Cc1cc(-c2ccc(F)cc2)cc(C=CC(=O)OCC)c1CO. The molecule has 0 heterocycles. The van der Waals surface area contributed by atoms with Crippen molar-refractivity contribution in [2.24, 2.45) is 0 Å². The van der Waals surface area contributed by atoms with Crippen molar-refractivity contribution in [1.29, 1.82) is 0 Å². The third-order valence-electron chi connectivity index (χ3n) is 4.03. The largest absolute Gasteiger partial charge is 0.463 e. The van der Waals surface area contributed by atoms with E-state index < -0.39 is 11.9 Å². The summed E-state index contributed by atoms with van der Waals surface area (Å²) in [5, 5.41) is 9.88. The van der Waals surface area contributed by atoms with E-state index in [1.807, 2.05) is 0 Å². The maximum Gasteiger partial charge on any atom is 0.330 e. The van der Waals surface area contributed by atoms with Gasteiger partial charge in [0, 0.05) is 12.2 Å². The summed E-state index contributed by atoms with van der Waals surface area (Å²) in [7, 11) is 0. The lowest BCUT2D eigenvalue weighted by Gasteiger charge is -2.12. The number of hydrogen-bond donors (Lipinski definition) is 1. The number of aliphatic hydroxyl groups excluding tert-OH is 1. The van der Waals surface area contributed by atoms with E-state index in [-0.39, 0.29) is 25.6 Å². The summed E-state index contributed by atoms with van der Waals surface area (Å²) in [6, 6.07) is 9.49. The van der Waals surface area contributed by atoms with Crippen molar-refractivity contribution in [3.05, 3.63) is 71.1 Å². The predicted octanol–water partition coefficient (Wildman–Crippen LogP) is 4.14. The highest BCUT2D eigenvalue weighted by molar-refractivity contribution is 5.90. The molecule has 5 nitrogen and oxygen atoms in total. The van der Waals surface area contributed by atoms with Crippen LogP contribution in [0.15, 0.2) is 48.6 Å². The number of hydrogen-bond acceptors (Lipinski definition) is 5. The van der Waals surface area contributed by atoms with Crippen LogP contribution < -0.4 is 0 Å². The highest BCUT2D eigenvalue weighted by Crippen LogP contribution is 2.28. The van der Waals surface area contributed by atoms with Crippen LogP contribution in [0.25, 0.3) is 23.3 Å². The fourth-order valence-corrected chi connectivity index (χ4v) is 2.70. The Balaban J connectivity index is 2.55. The van der Waals surface area contributed by atoms with Crippen LogP contribution in [0.1, 0.15) is 30.5 Å². The van der Waals surface area contributed by atoms with Crippen LogP contribution in [0.3, 0.4) is 0 Å². The zero-order valence-corrected chi connectivity index (χ0v) is 16.4. The molecule has 0 fully saturated rings. The van der Waals surface area contributed by atoms with Crippen molar-refractivity contribution in [3.63, 3.8) is 0 Å². The number of benzene rings is 2. The molecule has 2 aromatic rings. The predicted molar refractivity (Wildman–Crippen MR) is 109 cm³/mol. The Labute approximate surface area is 169 Å². The van der Waals surface area contributed by atoms with Gasteiger partial charge in [-0.05, 0) is 78.1 Å². The van der Waals surface area contributed by atoms with Gasteiger partial charge in [-0.3, -0.25) is 0 Å². The van der Waals surface area contributed by atoms with Gasteiger partial charge in [-0.1, -0.05) is 12.1 Å². The highest BCUT2D eigenvalue weighted by Gasteiger charge is 2.10. The second-order valence-electron chi connectivity index (χ2n) is 5.97. The van der Waals surface area contributed by atoms with Gasteiger partial charge in [-0.25, -0.2) is 14.0 Å². The van der Waals surface area contributed by atoms with Gasteiger partial charge in [0.15, 0.2) is 0 Å². The number of esters is 2. The maximum absolute atomic E-state index is 13.3. The van der Waals surface area contributed by atoms with E-state index >= 15 is 0 Å². The van der Waals surface area contributed by atoms with Gasteiger partial charge >= 0.3 is 11.9 Å². The van der Waals surface area contributed by atoms with Crippen LogP contribution in [0.5, 0.6) is 0 Å². The van der Waals surface area contributed by atoms with Crippen molar-refractivity contribution >= 4 is 24.1 Å². The second-order valence-corrected chi connectivity index (χ2v) is 5.97. The molecular formula is C23H23FO5. The molecular weight excluding hydrogens is 375 g/mol. The molecule has 0 aliphatic carbocycles. The minimum atomic E-state index is -0.507. The fraction of sp³-hybridized carbons (Fsp3) is 0.217. The molecule has 0 aliphatic rings. The first-order valence-corrected chi connectivity index (χ1v) is 9.21. The Hall–Kier alpha value is -3.25. The fourth-order valence-electron chi connectivity index (χ4n) is 2.70. The van der Waals surface area contributed by atoms with Crippen molar-refractivity contribution in [3.8, 4) is 11.1 Å². The monoisotopic (exact) mass is 398 g/mol. The second kappa shape index (κ2) is 10.9. The molecule has 2 aromatic carbocycles. The molecule has 0 saturated heterocycles. The molecule has 0 unspecified atom stereocenters. The molecule has 0 aliphatic heterocycles. The first kappa shape index (κ1) is 22.0. The minimum Gasteiger partial charge on any atom is -0.463 e. The minimum absolute atomic E-state index is 0.249. The Kier molecular flexibility index (Phi) is 8.30. The first-order chi connectivity index (χ1) is 14.0. The van der Waals surface area contributed by atoms with Crippen molar-refractivity contribution < 1.29 is 28.6 Å².